The molecule has 4 aromatic rings. The van der Waals surface area contributed by atoms with E-state index in [1.807, 2.05) is 41.9 Å². The zero-order valence-corrected chi connectivity index (χ0v) is 21.8. The summed E-state index contributed by atoms with van der Waals surface area (Å²) in [5.41, 5.74) is 6.84. The molecule has 2 heterocycles. The van der Waals surface area contributed by atoms with Crippen molar-refractivity contribution in [3.8, 4) is 28.1 Å². The summed E-state index contributed by atoms with van der Waals surface area (Å²) in [5.74, 6) is -0.0974. The summed E-state index contributed by atoms with van der Waals surface area (Å²) in [7, 11) is 0. The van der Waals surface area contributed by atoms with Gasteiger partial charge in [0.2, 0.25) is 5.70 Å². The van der Waals surface area contributed by atoms with E-state index in [1.165, 1.54) is 12.1 Å². The van der Waals surface area contributed by atoms with E-state index in [-0.39, 0.29) is 23.4 Å². The number of halogens is 2. The van der Waals surface area contributed by atoms with Gasteiger partial charge in [0.15, 0.2) is 0 Å². The SMILES string of the molecule is [C-]#[N+]C1=C(O)[C@H](C)[C@H]2CCc3c(-c4ccc(F)cc4)nn(-c4ccc(-c5ccnc(CF)c5)cc4)c3[C@]2(C)C1. The summed E-state index contributed by atoms with van der Waals surface area (Å²) in [4.78, 5) is 7.75. The number of nitrogens with zero attached hydrogens (tertiary/aromatic N) is 4. The highest BCUT2D eigenvalue weighted by Gasteiger charge is 2.51. The minimum Gasteiger partial charge on any atom is -0.523 e. The van der Waals surface area contributed by atoms with E-state index < -0.39 is 12.1 Å². The van der Waals surface area contributed by atoms with Crippen LogP contribution in [-0.4, -0.2) is 19.9 Å². The predicted octanol–water partition coefficient (Wildman–Crippen LogP) is 7.76. The van der Waals surface area contributed by atoms with Crippen molar-refractivity contribution in [2.75, 3.05) is 0 Å². The first-order valence-electron chi connectivity index (χ1n) is 13.1. The number of aromatic nitrogens is 3. The summed E-state index contributed by atoms with van der Waals surface area (Å²) in [6.07, 6.45) is 3.67. The summed E-state index contributed by atoms with van der Waals surface area (Å²) in [6, 6.07) is 18.0. The number of rotatable bonds is 4. The van der Waals surface area contributed by atoms with Gasteiger partial charge < -0.3 is 5.11 Å². The largest absolute Gasteiger partial charge is 0.523 e. The number of allylic oxidation sites excluding steroid dienone is 2. The first-order chi connectivity index (χ1) is 18.8. The molecule has 6 rings (SSSR count). The van der Waals surface area contributed by atoms with Crippen molar-refractivity contribution < 1.29 is 13.9 Å². The monoisotopic (exact) mass is 522 g/mol. The lowest BCUT2D eigenvalue weighted by molar-refractivity contribution is 0.133. The highest BCUT2D eigenvalue weighted by Crippen LogP contribution is 2.55. The summed E-state index contributed by atoms with van der Waals surface area (Å²) in [5, 5.41) is 15.9. The van der Waals surface area contributed by atoms with Crippen LogP contribution in [-0.2, 0) is 18.5 Å². The minimum absolute atomic E-state index is 0.141. The summed E-state index contributed by atoms with van der Waals surface area (Å²) >= 11 is 0. The summed E-state index contributed by atoms with van der Waals surface area (Å²) < 4.78 is 28.9. The van der Waals surface area contributed by atoms with Crippen LogP contribution in [0.3, 0.4) is 0 Å². The second-order valence-electron chi connectivity index (χ2n) is 10.8. The molecule has 7 heteroatoms. The smallest absolute Gasteiger partial charge is 0.203 e. The van der Waals surface area contributed by atoms with Gasteiger partial charge in [-0.1, -0.05) is 26.0 Å². The van der Waals surface area contributed by atoms with Gasteiger partial charge in [-0.2, -0.15) is 5.10 Å². The van der Waals surface area contributed by atoms with E-state index in [1.54, 1.807) is 24.4 Å². The molecule has 0 bridgehead atoms. The van der Waals surface area contributed by atoms with Crippen molar-refractivity contribution in [2.24, 2.45) is 11.8 Å². The molecule has 39 heavy (non-hydrogen) atoms. The Hall–Kier alpha value is -4.31. The molecular formula is C32H28F2N4O. The van der Waals surface area contributed by atoms with Crippen LogP contribution in [0.4, 0.5) is 8.78 Å². The zero-order valence-electron chi connectivity index (χ0n) is 21.8. The van der Waals surface area contributed by atoms with Crippen molar-refractivity contribution in [1.29, 1.82) is 0 Å². The number of benzene rings is 2. The summed E-state index contributed by atoms with van der Waals surface area (Å²) in [6.45, 7) is 11.3. The van der Waals surface area contributed by atoms with Crippen LogP contribution in [0.2, 0.25) is 0 Å². The van der Waals surface area contributed by atoms with Crippen LogP contribution in [0, 0.1) is 24.2 Å². The highest BCUT2D eigenvalue weighted by molar-refractivity contribution is 5.68. The third-order valence-electron chi connectivity index (χ3n) is 8.56. The van der Waals surface area contributed by atoms with Gasteiger partial charge in [-0.05, 0) is 84.8 Å². The number of aliphatic hydroxyl groups is 1. The zero-order chi connectivity index (χ0) is 27.3. The van der Waals surface area contributed by atoms with Crippen LogP contribution in [0.25, 0.3) is 32.9 Å². The molecule has 5 nitrogen and oxygen atoms in total. The van der Waals surface area contributed by atoms with Crippen molar-refractivity contribution in [1.82, 2.24) is 14.8 Å². The number of fused-ring (bicyclic) bond motifs is 3. The van der Waals surface area contributed by atoms with E-state index in [9.17, 15) is 13.9 Å². The Labute approximate surface area is 226 Å². The molecule has 2 aliphatic rings. The van der Waals surface area contributed by atoms with Gasteiger partial charge in [-0.15, -0.1) is 0 Å². The van der Waals surface area contributed by atoms with Crippen molar-refractivity contribution in [3.63, 3.8) is 0 Å². The number of hydrogen-bond acceptors (Lipinski definition) is 3. The van der Waals surface area contributed by atoms with Gasteiger partial charge in [0.1, 0.15) is 12.5 Å². The Bertz CT molecular complexity index is 1630. The van der Waals surface area contributed by atoms with Crippen LogP contribution in [0.1, 0.15) is 43.6 Å². The molecule has 0 aliphatic heterocycles. The molecule has 0 saturated heterocycles. The fourth-order valence-corrected chi connectivity index (χ4v) is 6.63. The maximum atomic E-state index is 13.8. The lowest BCUT2D eigenvalue weighted by atomic mass is 9.57. The lowest BCUT2D eigenvalue weighted by Gasteiger charge is -2.48. The Morgan fingerprint density at radius 1 is 1.08 bits per heavy atom. The molecule has 2 aromatic carbocycles. The van der Waals surface area contributed by atoms with E-state index in [0.29, 0.717) is 17.8 Å². The van der Waals surface area contributed by atoms with E-state index >= 15 is 0 Å². The van der Waals surface area contributed by atoms with Gasteiger partial charge >= 0.3 is 0 Å². The molecular weight excluding hydrogens is 494 g/mol. The number of alkyl halides is 1. The van der Waals surface area contributed by atoms with Crippen LogP contribution < -0.4 is 0 Å². The average molecular weight is 523 g/mol. The Balaban J connectivity index is 1.52. The minimum atomic E-state index is -0.619. The topological polar surface area (TPSA) is 55.3 Å². The van der Waals surface area contributed by atoms with Crippen molar-refractivity contribution in [2.45, 2.75) is 45.2 Å². The maximum absolute atomic E-state index is 13.8. The van der Waals surface area contributed by atoms with E-state index in [2.05, 4.69) is 16.8 Å². The number of aliphatic hydroxyl groups excluding tert-OH is 1. The first-order valence-corrected chi connectivity index (χ1v) is 13.1. The molecule has 0 saturated carbocycles. The molecule has 0 radical (unpaired) electrons. The van der Waals surface area contributed by atoms with Crippen molar-refractivity contribution in [3.05, 3.63) is 113 Å². The van der Waals surface area contributed by atoms with Gasteiger partial charge in [0, 0.05) is 28.7 Å². The van der Waals surface area contributed by atoms with E-state index in [4.69, 9.17) is 11.7 Å². The Morgan fingerprint density at radius 2 is 1.79 bits per heavy atom. The Kier molecular flexibility index (Phi) is 6.06. The highest BCUT2D eigenvalue weighted by atomic mass is 19.1. The molecule has 0 unspecified atom stereocenters. The molecule has 0 spiro atoms. The normalized spacial score (nSPS) is 22.2. The Morgan fingerprint density at radius 3 is 2.49 bits per heavy atom. The van der Waals surface area contributed by atoms with Gasteiger partial charge in [-0.3, -0.25) is 4.98 Å². The standard InChI is InChI=1S/C32H28F2N4O/c1-19-27-13-12-26-29(21-4-8-23(34)9-5-21)37-38(31(26)32(27,2)17-28(35-3)30(19)39)25-10-6-20(7-11-25)22-14-15-36-24(16-22)18-33/h4-11,14-16,19,27,39H,12-13,17-18H2,1-2H3/t19-,27-,32-/m1/s1. The van der Waals surface area contributed by atoms with Crippen LogP contribution in [0.15, 0.2) is 78.3 Å². The fraction of sp³-hybridized carbons (Fsp3) is 0.281. The first kappa shape index (κ1) is 25.0. The third kappa shape index (κ3) is 4.02. The van der Waals surface area contributed by atoms with Crippen molar-refractivity contribution >= 4 is 0 Å². The molecule has 2 aromatic heterocycles. The third-order valence-corrected chi connectivity index (χ3v) is 8.56. The average Bonchev–Trinajstić information content (AvgIpc) is 3.36. The molecule has 196 valence electrons. The maximum Gasteiger partial charge on any atom is 0.203 e. The molecule has 0 amide bonds. The predicted molar refractivity (Wildman–Crippen MR) is 146 cm³/mol. The van der Waals surface area contributed by atoms with Gasteiger partial charge in [0.05, 0.1) is 35.1 Å². The van der Waals surface area contributed by atoms with Crippen LogP contribution >= 0.6 is 0 Å². The lowest BCUT2D eigenvalue weighted by Crippen LogP contribution is -2.45. The second kappa shape index (κ2) is 9.46. The molecule has 2 aliphatic carbocycles. The number of hydrogen-bond donors (Lipinski definition) is 1. The quantitative estimate of drug-likeness (QED) is 0.279. The fourth-order valence-electron chi connectivity index (χ4n) is 6.63. The van der Waals surface area contributed by atoms with Gasteiger partial charge in [-0.25, -0.2) is 18.3 Å². The molecule has 3 atom stereocenters. The van der Waals surface area contributed by atoms with Gasteiger partial charge in [0.25, 0.3) is 0 Å². The molecule has 1 N–H and O–H groups in total. The number of pyridine rings is 1. The van der Waals surface area contributed by atoms with Crippen LogP contribution in [0.5, 0.6) is 0 Å². The van der Waals surface area contributed by atoms with E-state index in [0.717, 1.165) is 52.2 Å². The second-order valence-corrected chi connectivity index (χ2v) is 10.8. The molecule has 0 fully saturated rings.